The average molecular weight is 495 g/mol. The number of amides is 2. The monoisotopic (exact) mass is 494 g/mol. The van der Waals surface area contributed by atoms with Crippen LogP contribution in [0.4, 0.5) is 10.5 Å². The standard InChI is InChI=1S/C21H27BrN4O3S/c1-21(2,3)29-20(28)23-11-13-7-8-26-17(9-13)15(12-24-26)19(27)25-16-10-14(22)5-6-18(16)30-4/h5-6,10,12-13H,7-9,11H2,1-4H3,(H,23,28)(H,25,27). The lowest BCUT2D eigenvalue weighted by atomic mass is 9.94. The number of benzene rings is 1. The Labute approximate surface area is 189 Å². The van der Waals surface area contributed by atoms with Crippen molar-refractivity contribution in [3.05, 3.63) is 40.1 Å². The van der Waals surface area contributed by atoms with Crippen LogP contribution < -0.4 is 10.6 Å². The Morgan fingerprint density at radius 2 is 2.13 bits per heavy atom. The Bertz CT molecular complexity index is 939. The molecule has 0 fully saturated rings. The Hall–Kier alpha value is -2.00. The zero-order chi connectivity index (χ0) is 21.9. The van der Waals surface area contributed by atoms with Crippen molar-refractivity contribution in [1.29, 1.82) is 0 Å². The molecular weight excluding hydrogens is 468 g/mol. The van der Waals surface area contributed by atoms with Gasteiger partial charge in [-0.05, 0) is 64.0 Å². The SMILES string of the molecule is CSc1ccc(Br)cc1NC(=O)c1cnn2c1CC(CNC(=O)OC(C)(C)C)CC2. The molecule has 2 N–H and O–H groups in total. The van der Waals surface area contributed by atoms with Gasteiger partial charge in [-0.25, -0.2) is 4.79 Å². The third kappa shape index (κ3) is 5.78. The lowest BCUT2D eigenvalue weighted by molar-refractivity contribution is 0.0516. The third-order valence-electron chi connectivity index (χ3n) is 4.77. The first kappa shape index (κ1) is 22.7. The number of rotatable bonds is 5. The van der Waals surface area contributed by atoms with E-state index < -0.39 is 11.7 Å². The number of carbonyl (C=O) groups excluding carboxylic acids is 2. The van der Waals surface area contributed by atoms with E-state index in [1.54, 1.807) is 18.0 Å². The van der Waals surface area contributed by atoms with E-state index in [0.29, 0.717) is 18.5 Å². The summed E-state index contributed by atoms with van der Waals surface area (Å²) in [5.74, 6) is 0.0475. The first-order valence-corrected chi connectivity index (χ1v) is 11.8. The number of halogens is 1. The summed E-state index contributed by atoms with van der Waals surface area (Å²) in [5, 5.41) is 10.2. The van der Waals surface area contributed by atoms with Gasteiger partial charge < -0.3 is 15.4 Å². The fourth-order valence-corrected chi connectivity index (χ4v) is 4.27. The molecule has 1 aromatic carbocycles. The number of hydrogen-bond donors (Lipinski definition) is 2. The molecule has 0 aliphatic carbocycles. The van der Waals surface area contributed by atoms with Gasteiger partial charge in [-0.2, -0.15) is 5.10 Å². The Morgan fingerprint density at radius 1 is 1.37 bits per heavy atom. The molecule has 0 spiro atoms. The number of anilines is 1. The number of nitrogens with one attached hydrogen (secondary N) is 2. The van der Waals surface area contributed by atoms with Gasteiger partial charge in [0.05, 0.1) is 23.1 Å². The van der Waals surface area contributed by atoms with E-state index in [0.717, 1.165) is 33.7 Å². The highest BCUT2D eigenvalue weighted by atomic mass is 79.9. The molecule has 0 saturated heterocycles. The summed E-state index contributed by atoms with van der Waals surface area (Å²) in [5.41, 5.74) is 1.71. The van der Waals surface area contributed by atoms with E-state index in [1.165, 1.54) is 0 Å². The second kappa shape index (κ2) is 9.43. The second-order valence-electron chi connectivity index (χ2n) is 8.27. The van der Waals surface area contributed by atoms with Gasteiger partial charge >= 0.3 is 6.09 Å². The molecule has 30 heavy (non-hydrogen) atoms. The minimum atomic E-state index is -0.525. The third-order valence-corrected chi connectivity index (χ3v) is 6.06. The number of carbonyl (C=O) groups is 2. The normalized spacial score (nSPS) is 16.0. The van der Waals surface area contributed by atoms with Gasteiger partial charge in [0.15, 0.2) is 0 Å². The summed E-state index contributed by atoms with van der Waals surface area (Å²) < 4.78 is 8.09. The van der Waals surface area contributed by atoms with Gasteiger partial charge in [0.25, 0.3) is 5.91 Å². The van der Waals surface area contributed by atoms with E-state index in [-0.39, 0.29) is 11.8 Å². The molecule has 2 amide bonds. The first-order chi connectivity index (χ1) is 14.2. The molecule has 1 aliphatic heterocycles. The molecule has 2 heterocycles. The van der Waals surface area contributed by atoms with Gasteiger partial charge in [-0.3, -0.25) is 9.48 Å². The van der Waals surface area contributed by atoms with Crippen molar-refractivity contribution in [1.82, 2.24) is 15.1 Å². The minimum Gasteiger partial charge on any atom is -0.444 e. The van der Waals surface area contributed by atoms with Gasteiger partial charge in [0.1, 0.15) is 5.60 Å². The zero-order valence-electron chi connectivity index (χ0n) is 17.6. The van der Waals surface area contributed by atoms with Crippen LogP contribution in [0.5, 0.6) is 0 Å². The lowest BCUT2D eigenvalue weighted by Crippen LogP contribution is -2.37. The quantitative estimate of drug-likeness (QED) is 0.587. The fraction of sp³-hybridized carbons (Fsp3) is 0.476. The van der Waals surface area contributed by atoms with Gasteiger partial charge in [0, 0.05) is 22.5 Å². The molecule has 0 radical (unpaired) electrons. The van der Waals surface area contributed by atoms with Crippen molar-refractivity contribution in [2.75, 3.05) is 18.1 Å². The zero-order valence-corrected chi connectivity index (χ0v) is 20.0. The second-order valence-corrected chi connectivity index (χ2v) is 10.0. The maximum atomic E-state index is 13.0. The van der Waals surface area contributed by atoms with Crippen LogP contribution in [0.15, 0.2) is 33.8 Å². The molecule has 1 aromatic heterocycles. The van der Waals surface area contributed by atoms with E-state index >= 15 is 0 Å². The van der Waals surface area contributed by atoms with Crippen molar-refractivity contribution in [3.8, 4) is 0 Å². The lowest BCUT2D eigenvalue weighted by Gasteiger charge is -2.25. The van der Waals surface area contributed by atoms with Gasteiger partial charge in [0.2, 0.25) is 0 Å². The number of hydrogen-bond acceptors (Lipinski definition) is 5. The molecule has 7 nitrogen and oxygen atoms in total. The fourth-order valence-electron chi connectivity index (χ4n) is 3.37. The molecule has 1 aliphatic rings. The molecule has 0 saturated carbocycles. The van der Waals surface area contributed by atoms with Crippen molar-refractivity contribution in [2.24, 2.45) is 5.92 Å². The number of alkyl carbamates (subject to hydrolysis) is 1. The van der Waals surface area contributed by atoms with Crippen LogP contribution >= 0.6 is 27.7 Å². The number of aryl methyl sites for hydroxylation is 1. The minimum absolute atomic E-state index is 0.176. The number of aromatic nitrogens is 2. The van der Waals surface area contributed by atoms with Crippen molar-refractivity contribution < 1.29 is 14.3 Å². The number of fused-ring (bicyclic) bond motifs is 1. The van der Waals surface area contributed by atoms with E-state index in [9.17, 15) is 9.59 Å². The summed E-state index contributed by atoms with van der Waals surface area (Å²) in [6.45, 7) is 6.73. The Balaban J connectivity index is 1.67. The molecule has 0 bridgehead atoms. The van der Waals surface area contributed by atoms with Crippen LogP contribution in [0, 0.1) is 5.92 Å². The van der Waals surface area contributed by atoms with Crippen molar-refractivity contribution in [3.63, 3.8) is 0 Å². The summed E-state index contributed by atoms with van der Waals surface area (Å²) in [6, 6.07) is 5.81. The summed E-state index contributed by atoms with van der Waals surface area (Å²) >= 11 is 5.03. The highest BCUT2D eigenvalue weighted by molar-refractivity contribution is 9.10. The van der Waals surface area contributed by atoms with E-state index in [4.69, 9.17) is 4.74 Å². The maximum absolute atomic E-state index is 13.0. The van der Waals surface area contributed by atoms with E-state index in [2.05, 4.69) is 31.7 Å². The topological polar surface area (TPSA) is 85.3 Å². The first-order valence-electron chi connectivity index (χ1n) is 9.82. The maximum Gasteiger partial charge on any atom is 0.407 e. The van der Waals surface area contributed by atoms with E-state index in [1.807, 2.05) is 49.9 Å². The predicted octanol–water partition coefficient (Wildman–Crippen LogP) is 4.71. The number of nitrogens with zero attached hydrogens (tertiary/aromatic N) is 2. The van der Waals surface area contributed by atoms with Crippen LogP contribution in [-0.4, -0.2) is 40.2 Å². The van der Waals surface area contributed by atoms with Gasteiger partial charge in [-0.15, -0.1) is 11.8 Å². The van der Waals surface area contributed by atoms with Gasteiger partial charge in [-0.1, -0.05) is 15.9 Å². The molecule has 3 rings (SSSR count). The highest BCUT2D eigenvalue weighted by Crippen LogP contribution is 2.30. The predicted molar refractivity (Wildman–Crippen MR) is 122 cm³/mol. The average Bonchev–Trinajstić information content (AvgIpc) is 3.08. The largest absolute Gasteiger partial charge is 0.444 e. The summed E-state index contributed by atoms with van der Waals surface area (Å²) in [6.07, 6.45) is 4.74. The summed E-state index contributed by atoms with van der Waals surface area (Å²) in [4.78, 5) is 25.9. The highest BCUT2D eigenvalue weighted by Gasteiger charge is 2.26. The number of ether oxygens (including phenoxy) is 1. The van der Waals surface area contributed by atoms with Crippen LogP contribution in [0.2, 0.25) is 0 Å². The number of thioether (sulfide) groups is 1. The van der Waals surface area contributed by atoms with Crippen LogP contribution in [-0.2, 0) is 17.7 Å². The molecule has 2 aromatic rings. The van der Waals surface area contributed by atoms with Crippen LogP contribution in [0.1, 0.15) is 43.2 Å². The smallest absolute Gasteiger partial charge is 0.407 e. The Morgan fingerprint density at radius 3 is 2.83 bits per heavy atom. The molecular formula is C21H27BrN4O3S. The molecule has 1 atom stereocenters. The molecule has 162 valence electrons. The Kier molecular flexibility index (Phi) is 7.13. The van der Waals surface area contributed by atoms with Crippen LogP contribution in [0.25, 0.3) is 0 Å². The summed E-state index contributed by atoms with van der Waals surface area (Å²) in [7, 11) is 0. The molecule has 9 heteroatoms. The van der Waals surface area contributed by atoms with Crippen molar-refractivity contribution in [2.45, 2.75) is 50.7 Å². The molecule has 1 unspecified atom stereocenters. The van der Waals surface area contributed by atoms with Crippen molar-refractivity contribution >= 4 is 45.4 Å². The van der Waals surface area contributed by atoms with Crippen LogP contribution in [0.3, 0.4) is 0 Å².